The maximum atomic E-state index is 12.0. The zero-order valence-corrected chi connectivity index (χ0v) is 12.8. The second kappa shape index (κ2) is 5.29. The summed E-state index contributed by atoms with van der Waals surface area (Å²) < 4.78 is 5.47. The molecule has 0 atom stereocenters. The average Bonchev–Trinajstić information content (AvgIpc) is 2.37. The van der Waals surface area contributed by atoms with Crippen LogP contribution in [0.15, 0.2) is 30.3 Å². The predicted octanol–water partition coefficient (Wildman–Crippen LogP) is 4.08. The molecule has 0 aliphatic carbocycles. The van der Waals surface area contributed by atoms with Crippen molar-refractivity contribution in [2.45, 2.75) is 26.1 Å². The first-order valence-corrected chi connectivity index (χ1v) is 7.21. The largest absolute Gasteiger partial charge is 0.424 e. The highest BCUT2D eigenvalue weighted by atomic mass is 79.9. The number of pyridine rings is 1. The van der Waals surface area contributed by atoms with E-state index in [-0.39, 0.29) is 5.97 Å². The van der Waals surface area contributed by atoms with E-state index >= 15 is 0 Å². The Labute approximate surface area is 121 Å². The van der Waals surface area contributed by atoms with Crippen LogP contribution in [-0.4, -0.2) is 11.0 Å². The first-order valence-electron chi connectivity index (χ1n) is 6.09. The number of hydrogen-bond acceptors (Lipinski definition) is 3. The first kappa shape index (κ1) is 14.0. The molecular weight excluding hydrogens is 306 g/mol. The fraction of sp³-hybridized carbons (Fsp3) is 0.333. The monoisotopic (exact) mass is 321 g/mol. The Morgan fingerprint density at radius 1 is 1.26 bits per heavy atom. The molecule has 3 nitrogen and oxygen atoms in total. The minimum absolute atomic E-state index is 0.258. The molecule has 1 aromatic heterocycles. The highest BCUT2D eigenvalue weighted by Crippen LogP contribution is 2.27. The van der Waals surface area contributed by atoms with Crippen LogP contribution in [0.4, 0.5) is 0 Å². The van der Waals surface area contributed by atoms with E-state index in [1.807, 2.05) is 45.0 Å². The molecule has 0 amide bonds. The van der Waals surface area contributed by atoms with Crippen molar-refractivity contribution < 1.29 is 9.53 Å². The SMILES string of the molecule is CC(C)(C)C(=O)Oc1cccc2ccc(CBr)nc12. The molecule has 2 aromatic rings. The lowest BCUT2D eigenvalue weighted by Crippen LogP contribution is -2.25. The van der Waals surface area contributed by atoms with E-state index in [4.69, 9.17) is 4.74 Å². The summed E-state index contributed by atoms with van der Waals surface area (Å²) in [6.07, 6.45) is 0. The van der Waals surface area contributed by atoms with Gasteiger partial charge in [-0.1, -0.05) is 34.1 Å². The summed E-state index contributed by atoms with van der Waals surface area (Å²) >= 11 is 3.38. The van der Waals surface area contributed by atoms with Crippen LogP contribution >= 0.6 is 15.9 Å². The van der Waals surface area contributed by atoms with Crippen LogP contribution in [0.2, 0.25) is 0 Å². The minimum Gasteiger partial charge on any atom is -0.424 e. The molecule has 100 valence electrons. The van der Waals surface area contributed by atoms with Crippen molar-refractivity contribution >= 4 is 32.8 Å². The van der Waals surface area contributed by atoms with E-state index in [0.29, 0.717) is 11.1 Å². The number of esters is 1. The number of aromatic nitrogens is 1. The quantitative estimate of drug-likeness (QED) is 0.475. The third kappa shape index (κ3) is 3.13. The maximum Gasteiger partial charge on any atom is 0.316 e. The van der Waals surface area contributed by atoms with E-state index in [0.717, 1.165) is 16.6 Å². The van der Waals surface area contributed by atoms with Crippen LogP contribution in [0.5, 0.6) is 5.75 Å². The van der Waals surface area contributed by atoms with Gasteiger partial charge in [0.15, 0.2) is 5.75 Å². The van der Waals surface area contributed by atoms with Crippen molar-refractivity contribution in [1.29, 1.82) is 0 Å². The third-order valence-electron chi connectivity index (χ3n) is 2.69. The zero-order chi connectivity index (χ0) is 14.0. The Morgan fingerprint density at radius 2 is 2.00 bits per heavy atom. The molecule has 0 saturated carbocycles. The number of nitrogens with zero attached hydrogens (tertiary/aromatic N) is 1. The summed E-state index contributed by atoms with van der Waals surface area (Å²) in [5.74, 6) is 0.256. The summed E-state index contributed by atoms with van der Waals surface area (Å²) in [7, 11) is 0. The van der Waals surface area contributed by atoms with Gasteiger partial charge in [-0.25, -0.2) is 4.98 Å². The highest BCUT2D eigenvalue weighted by Gasteiger charge is 2.24. The van der Waals surface area contributed by atoms with Crippen molar-refractivity contribution in [3.05, 3.63) is 36.0 Å². The molecule has 0 fully saturated rings. The Kier molecular flexibility index (Phi) is 3.90. The van der Waals surface area contributed by atoms with Crippen molar-refractivity contribution in [3.63, 3.8) is 0 Å². The van der Waals surface area contributed by atoms with Crippen molar-refractivity contribution in [2.24, 2.45) is 5.41 Å². The molecule has 0 aliphatic heterocycles. The summed E-state index contributed by atoms with van der Waals surface area (Å²) in [6.45, 7) is 5.49. The number of carbonyl (C=O) groups is 1. The molecule has 0 saturated heterocycles. The number of fused-ring (bicyclic) bond motifs is 1. The molecule has 0 N–H and O–H groups in total. The van der Waals surface area contributed by atoms with E-state index in [1.165, 1.54) is 0 Å². The van der Waals surface area contributed by atoms with Gasteiger partial charge in [0.2, 0.25) is 0 Å². The molecule has 0 unspecified atom stereocenters. The number of ether oxygens (including phenoxy) is 1. The number of carbonyl (C=O) groups excluding carboxylic acids is 1. The van der Waals surface area contributed by atoms with Crippen molar-refractivity contribution in [1.82, 2.24) is 4.98 Å². The molecule has 0 radical (unpaired) electrons. The second-order valence-electron chi connectivity index (χ2n) is 5.40. The van der Waals surface area contributed by atoms with Crippen molar-refractivity contribution in [2.75, 3.05) is 0 Å². The zero-order valence-electron chi connectivity index (χ0n) is 11.2. The van der Waals surface area contributed by atoms with Crippen LogP contribution in [-0.2, 0) is 10.1 Å². The molecule has 19 heavy (non-hydrogen) atoms. The van der Waals surface area contributed by atoms with Gasteiger partial charge >= 0.3 is 5.97 Å². The second-order valence-corrected chi connectivity index (χ2v) is 5.96. The van der Waals surface area contributed by atoms with Crippen LogP contribution in [0.25, 0.3) is 10.9 Å². The van der Waals surface area contributed by atoms with Gasteiger partial charge in [-0.3, -0.25) is 4.79 Å². The lowest BCUT2D eigenvalue weighted by molar-refractivity contribution is -0.142. The number of alkyl halides is 1. The van der Waals surface area contributed by atoms with Crippen molar-refractivity contribution in [3.8, 4) is 5.75 Å². The lowest BCUT2D eigenvalue weighted by Gasteiger charge is -2.17. The van der Waals surface area contributed by atoms with E-state index < -0.39 is 5.41 Å². The Morgan fingerprint density at radius 3 is 2.63 bits per heavy atom. The highest BCUT2D eigenvalue weighted by molar-refractivity contribution is 9.08. The van der Waals surface area contributed by atoms with Crippen LogP contribution in [0, 0.1) is 5.41 Å². The van der Waals surface area contributed by atoms with Crippen LogP contribution in [0.1, 0.15) is 26.5 Å². The predicted molar refractivity (Wildman–Crippen MR) is 79.5 cm³/mol. The minimum atomic E-state index is -0.533. The average molecular weight is 322 g/mol. The smallest absolute Gasteiger partial charge is 0.316 e. The van der Waals surface area contributed by atoms with Gasteiger partial charge < -0.3 is 4.74 Å². The van der Waals surface area contributed by atoms with Crippen LogP contribution in [0.3, 0.4) is 0 Å². The van der Waals surface area contributed by atoms with E-state index in [1.54, 1.807) is 6.07 Å². The van der Waals surface area contributed by atoms with Gasteiger partial charge in [0, 0.05) is 10.7 Å². The van der Waals surface area contributed by atoms with Gasteiger partial charge in [0.25, 0.3) is 0 Å². The fourth-order valence-electron chi connectivity index (χ4n) is 1.57. The lowest BCUT2D eigenvalue weighted by atomic mass is 9.97. The number of halogens is 1. The summed E-state index contributed by atoms with van der Waals surface area (Å²) in [5, 5.41) is 1.63. The standard InChI is InChI=1S/C15H16BrNO2/c1-15(2,3)14(18)19-12-6-4-5-10-7-8-11(9-16)17-13(10)12/h4-8H,9H2,1-3H3. The van der Waals surface area contributed by atoms with E-state index in [2.05, 4.69) is 20.9 Å². The summed E-state index contributed by atoms with van der Waals surface area (Å²) in [5.41, 5.74) is 1.10. The summed E-state index contributed by atoms with van der Waals surface area (Å²) in [4.78, 5) is 16.5. The Balaban J connectivity index is 2.45. The van der Waals surface area contributed by atoms with Gasteiger partial charge in [0.1, 0.15) is 5.52 Å². The Bertz CT molecular complexity index is 617. The topological polar surface area (TPSA) is 39.2 Å². The number of rotatable bonds is 2. The number of hydrogen-bond donors (Lipinski definition) is 0. The molecule has 1 heterocycles. The van der Waals surface area contributed by atoms with Gasteiger partial charge in [-0.2, -0.15) is 0 Å². The maximum absolute atomic E-state index is 12.0. The van der Waals surface area contributed by atoms with Gasteiger partial charge in [0.05, 0.1) is 11.1 Å². The first-order chi connectivity index (χ1) is 8.91. The Hall–Kier alpha value is -1.42. The van der Waals surface area contributed by atoms with Gasteiger partial charge in [-0.15, -0.1) is 0 Å². The van der Waals surface area contributed by atoms with Gasteiger partial charge in [-0.05, 0) is 32.9 Å². The number of benzene rings is 1. The normalized spacial score (nSPS) is 11.6. The molecule has 0 aliphatic rings. The molecule has 2 rings (SSSR count). The number of para-hydroxylation sites is 1. The molecule has 0 spiro atoms. The summed E-state index contributed by atoms with van der Waals surface area (Å²) in [6, 6.07) is 9.52. The molecule has 0 bridgehead atoms. The fourth-order valence-corrected chi connectivity index (χ4v) is 1.88. The van der Waals surface area contributed by atoms with Crippen LogP contribution < -0.4 is 4.74 Å². The molecule has 1 aromatic carbocycles. The molecular formula is C15H16BrNO2. The van der Waals surface area contributed by atoms with E-state index in [9.17, 15) is 4.79 Å². The molecule has 4 heteroatoms. The third-order valence-corrected chi connectivity index (χ3v) is 3.27.